The molecule has 0 unspecified atom stereocenters. The van der Waals surface area contributed by atoms with Crippen LogP contribution >= 0.6 is 0 Å². The van der Waals surface area contributed by atoms with E-state index in [2.05, 4.69) is 15.7 Å². The maximum atomic E-state index is 12.1. The van der Waals surface area contributed by atoms with Crippen molar-refractivity contribution in [3.05, 3.63) is 42.1 Å². The van der Waals surface area contributed by atoms with Gasteiger partial charge in [0, 0.05) is 37.5 Å². The number of hydrogen-bond acceptors (Lipinski definition) is 3. The van der Waals surface area contributed by atoms with Crippen LogP contribution in [0.3, 0.4) is 0 Å². The van der Waals surface area contributed by atoms with Gasteiger partial charge in [-0.15, -0.1) is 0 Å². The van der Waals surface area contributed by atoms with E-state index >= 15 is 0 Å². The van der Waals surface area contributed by atoms with Gasteiger partial charge in [-0.1, -0.05) is 36.8 Å². The first-order chi connectivity index (χ1) is 12.1. The van der Waals surface area contributed by atoms with Crippen LogP contribution in [-0.4, -0.2) is 33.6 Å². The summed E-state index contributed by atoms with van der Waals surface area (Å²) in [6.45, 7) is 1.04. The number of benzene rings is 1. The summed E-state index contributed by atoms with van der Waals surface area (Å²) in [6.07, 6.45) is 5.48. The van der Waals surface area contributed by atoms with Crippen molar-refractivity contribution in [2.45, 2.75) is 38.3 Å². The monoisotopic (exact) mass is 342 g/mol. The first-order valence-electron chi connectivity index (χ1n) is 8.89. The number of hydrogen-bond donors (Lipinski definition) is 3. The highest BCUT2D eigenvalue weighted by Gasteiger charge is 2.20. The van der Waals surface area contributed by atoms with Gasteiger partial charge in [0.25, 0.3) is 0 Å². The second-order valence-electron chi connectivity index (χ2n) is 6.79. The van der Waals surface area contributed by atoms with Gasteiger partial charge < -0.3 is 15.7 Å². The Kier molecular flexibility index (Phi) is 5.71. The van der Waals surface area contributed by atoms with E-state index in [9.17, 15) is 9.90 Å². The largest absolute Gasteiger partial charge is 0.393 e. The molecule has 1 heterocycles. The molecule has 3 N–H and O–H groups in total. The molecule has 6 heteroatoms. The smallest absolute Gasteiger partial charge is 0.315 e. The fourth-order valence-electron chi connectivity index (χ4n) is 3.43. The minimum Gasteiger partial charge on any atom is -0.393 e. The van der Waals surface area contributed by atoms with E-state index in [1.54, 1.807) is 4.68 Å². The summed E-state index contributed by atoms with van der Waals surface area (Å²) in [5.41, 5.74) is 2.91. The van der Waals surface area contributed by atoms with E-state index in [4.69, 9.17) is 0 Å². The number of carbonyl (C=O) groups excluding carboxylic acids is 1. The number of nitrogens with zero attached hydrogens (tertiary/aromatic N) is 2. The van der Waals surface area contributed by atoms with Gasteiger partial charge in [0.15, 0.2) is 0 Å². The summed E-state index contributed by atoms with van der Waals surface area (Å²) >= 11 is 0. The number of aryl methyl sites for hydroxylation is 1. The van der Waals surface area contributed by atoms with Crippen molar-refractivity contribution in [1.82, 2.24) is 20.4 Å². The molecule has 0 radical (unpaired) electrons. The zero-order chi connectivity index (χ0) is 17.6. The Morgan fingerprint density at radius 2 is 2.08 bits per heavy atom. The van der Waals surface area contributed by atoms with Gasteiger partial charge in [-0.3, -0.25) is 4.68 Å². The highest BCUT2D eigenvalue weighted by Crippen LogP contribution is 2.23. The van der Waals surface area contributed by atoms with E-state index in [-0.39, 0.29) is 12.1 Å². The summed E-state index contributed by atoms with van der Waals surface area (Å²) in [4.78, 5) is 12.1. The third-order valence-electron chi connectivity index (χ3n) is 4.70. The Hall–Kier alpha value is -2.34. The number of rotatable bonds is 5. The van der Waals surface area contributed by atoms with Gasteiger partial charge in [0.1, 0.15) is 0 Å². The second-order valence-corrected chi connectivity index (χ2v) is 6.79. The lowest BCUT2D eigenvalue weighted by molar-refractivity contribution is 0.101. The lowest BCUT2D eigenvalue weighted by atomic mass is 9.87. The molecule has 0 saturated heterocycles. The Morgan fingerprint density at radius 3 is 2.84 bits per heavy atom. The van der Waals surface area contributed by atoms with Crippen LogP contribution in [0.4, 0.5) is 4.79 Å². The summed E-state index contributed by atoms with van der Waals surface area (Å²) in [7, 11) is 1.88. The molecule has 0 aliphatic heterocycles. The van der Waals surface area contributed by atoms with Crippen molar-refractivity contribution < 1.29 is 9.90 Å². The number of aromatic nitrogens is 2. The third-order valence-corrected chi connectivity index (χ3v) is 4.70. The molecule has 2 amide bonds. The molecule has 1 aliphatic carbocycles. The molecule has 134 valence electrons. The first kappa shape index (κ1) is 17.5. The Balaban J connectivity index is 1.52. The average molecular weight is 342 g/mol. The molecular weight excluding hydrogens is 316 g/mol. The van der Waals surface area contributed by atoms with Crippen LogP contribution in [0.1, 0.15) is 31.2 Å². The zero-order valence-corrected chi connectivity index (χ0v) is 14.6. The van der Waals surface area contributed by atoms with E-state index in [1.165, 1.54) is 0 Å². The summed E-state index contributed by atoms with van der Waals surface area (Å²) in [6, 6.07) is 9.78. The highest BCUT2D eigenvalue weighted by atomic mass is 16.3. The number of carbonyl (C=O) groups is 1. The Labute approximate surface area is 148 Å². The van der Waals surface area contributed by atoms with Gasteiger partial charge in [-0.05, 0) is 25.2 Å². The summed E-state index contributed by atoms with van der Waals surface area (Å²) < 4.78 is 1.76. The molecule has 1 aliphatic rings. The lowest BCUT2D eigenvalue weighted by Gasteiger charge is -2.25. The zero-order valence-electron chi connectivity index (χ0n) is 14.6. The molecule has 1 aromatic heterocycles. The van der Waals surface area contributed by atoms with Crippen LogP contribution in [0, 0.1) is 5.92 Å². The molecule has 1 fully saturated rings. The molecule has 0 spiro atoms. The van der Waals surface area contributed by atoms with E-state index in [1.807, 2.05) is 43.6 Å². The number of aliphatic hydroxyl groups excluding tert-OH is 1. The van der Waals surface area contributed by atoms with Crippen molar-refractivity contribution in [2.75, 3.05) is 6.54 Å². The van der Waals surface area contributed by atoms with Crippen LogP contribution in [0.15, 0.2) is 36.5 Å². The van der Waals surface area contributed by atoms with Crippen LogP contribution in [0.25, 0.3) is 11.3 Å². The molecule has 3 rings (SSSR count). The van der Waals surface area contributed by atoms with E-state index < -0.39 is 0 Å². The SMILES string of the molecule is Cn1cc(CNC(=O)NC[C@H]2CCC[C@H](O)C2)c(-c2ccccc2)n1. The molecule has 0 bridgehead atoms. The average Bonchev–Trinajstić information content (AvgIpc) is 3.00. The van der Waals surface area contributed by atoms with Crippen molar-refractivity contribution in [1.29, 1.82) is 0 Å². The van der Waals surface area contributed by atoms with Crippen LogP contribution in [0.5, 0.6) is 0 Å². The van der Waals surface area contributed by atoms with Gasteiger partial charge in [-0.2, -0.15) is 5.10 Å². The van der Waals surface area contributed by atoms with E-state index in [0.717, 1.165) is 42.5 Å². The highest BCUT2D eigenvalue weighted by molar-refractivity contribution is 5.74. The normalized spacial score (nSPS) is 20.2. The van der Waals surface area contributed by atoms with Crippen molar-refractivity contribution in [2.24, 2.45) is 13.0 Å². The topological polar surface area (TPSA) is 79.2 Å². The maximum Gasteiger partial charge on any atom is 0.315 e. The standard InChI is InChI=1S/C19H26N4O2/c1-23-13-16(18(22-23)15-7-3-2-4-8-15)12-21-19(25)20-11-14-6-5-9-17(24)10-14/h2-4,7-8,13-14,17,24H,5-6,9-12H2,1H3,(H2,20,21,25)/t14-,17-/m0/s1. The van der Waals surface area contributed by atoms with Gasteiger partial charge in [-0.25, -0.2) is 4.79 Å². The van der Waals surface area contributed by atoms with Crippen molar-refractivity contribution in [3.63, 3.8) is 0 Å². The maximum absolute atomic E-state index is 12.1. The molecule has 6 nitrogen and oxygen atoms in total. The molecule has 1 saturated carbocycles. The van der Waals surface area contributed by atoms with Gasteiger partial charge >= 0.3 is 6.03 Å². The Bertz CT molecular complexity index is 699. The number of aliphatic hydroxyl groups is 1. The third kappa shape index (κ3) is 4.82. The fraction of sp³-hybridized carbons (Fsp3) is 0.474. The van der Waals surface area contributed by atoms with E-state index in [0.29, 0.717) is 19.0 Å². The molecule has 2 atom stereocenters. The minimum atomic E-state index is -0.215. The number of nitrogens with one attached hydrogen (secondary N) is 2. The molecule has 1 aromatic carbocycles. The predicted octanol–water partition coefficient (Wildman–Crippen LogP) is 2.44. The molecular formula is C19H26N4O2. The number of urea groups is 1. The van der Waals surface area contributed by atoms with Crippen molar-refractivity contribution in [3.8, 4) is 11.3 Å². The van der Waals surface area contributed by atoms with Crippen molar-refractivity contribution >= 4 is 6.03 Å². The van der Waals surface area contributed by atoms with Gasteiger partial charge in [0.05, 0.1) is 11.8 Å². The van der Waals surface area contributed by atoms with Crippen LogP contribution < -0.4 is 10.6 Å². The Morgan fingerprint density at radius 1 is 1.28 bits per heavy atom. The van der Waals surface area contributed by atoms with Gasteiger partial charge in [0.2, 0.25) is 0 Å². The van der Waals surface area contributed by atoms with Crippen LogP contribution in [0.2, 0.25) is 0 Å². The fourth-order valence-corrected chi connectivity index (χ4v) is 3.43. The summed E-state index contributed by atoms with van der Waals surface area (Å²) in [5, 5.41) is 20.0. The predicted molar refractivity (Wildman–Crippen MR) is 96.8 cm³/mol. The first-order valence-corrected chi connectivity index (χ1v) is 8.89. The summed E-state index contributed by atoms with van der Waals surface area (Å²) in [5.74, 6) is 0.368. The van der Waals surface area contributed by atoms with Crippen LogP contribution in [-0.2, 0) is 13.6 Å². The molecule has 25 heavy (non-hydrogen) atoms. The lowest BCUT2D eigenvalue weighted by Crippen LogP contribution is -2.39. The minimum absolute atomic E-state index is 0.178. The molecule has 2 aromatic rings. The second kappa shape index (κ2) is 8.16. The number of amides is 2. The quantitative estimate of drug-likeness (QED) is 0.781.